The number of carbonyl (C=O) groups excluding carboxylic acids is 1. The molecule has 1 heterocycles. The second-order valence-corrected chi connectivity index (χ2v) is 4.79. The number of aromatic nitrogens is 1. The van der Waals surface area contributed by atoms with E-state index in [2.05, 4.69) is 4.74 Å². The van der Waals surface area contributed by atoms with Gasteiger partial charge in [-0.15, -0.1) is 11.8 Å². The van der Waals surface area contributed by atoms with Crippen LogP contribution in [0.2, 0.25) is 0 Å². The summed E-state index contributed by atoms with van der Waals surface area (Å²) in [6, 6.07) is 2.50. The van der Waals surface area contributed by atoms with Crippen molar-refractivity contribution in [3.05, 3.63) is 28.7 Å². The van der Waals surface area contributed by atoms with Gasteiger partial charge in [0.2, 0.25) is 0 Å². The lowest BCUT2D eigenvalue weighted by Gasteiger charge is -2.10. The lowest BCUT2D eigenvalue weighted by Crippen LogP contribution is -2.27. The molecule has 106 valence electrons. The average molecular weight is 295 g/mol. The SMILES string of the molecule is COC(=O)CCSc1ccc(=O)n(CC(F)(F)F)c1. The number of ether oxygens (including phenoxy) is 1. The van der Waals surface area contributed by atoms with Crippen LogP contribution in [0.5, 0.6) is 0 Å². The van der Waals surface area contributed by atoms with Crippen molar-refractivity contribution in [3.8, 4) is 0 Å². The summed E-state index contributed by atoms with van der Waals surface area (Å²) in [4.78, 5) is 22.6. The van der Waals surface area contributed by atoms with E-state index in [1.165, 1.54) is 24.9 Å². The van der Waals surface area contributed by atoms with E-state index in [1.807, 2.05) is 0 Å². The Morgan fingerprint density at radius 2 is 2.11 bits per heavy atom. The van der Waals surface area contributed by atoms with Crippen LogP contribution in [0.25, 0.3) is 0 Å². The molecule has 0 saturated heterocycles. The van der Waals surface area contributed by atoms with Crippen LogP contribution < -0.4 is 5.56 Å². The van der Waals surface area contributed by atoms with Gasteiger partial charge in [-0.2, -0.15) is 13.2 Å². The first-order valence-corrected chi connectivity index (χ1v) is 6.27. The molecule has 1 aromatic heterocycles. The van der Waals surface area contributed by atoms with Crippen LogP contribution in [0.1, 0.15) is 6.42 Å². The normalized spacial score (nSPS) is 11.4. The molecule has 19 heavy (non-hydrogen) atoms. The van der Waals surface area contributed by atoms with Crippen molar-refractivity contribution in [1.82, 2.24) is 4.57 Å². The van der Waals surface area contributed by atoms with Gasteiger partial charge in [-0.25, -0.2) is 0 Å². The number of rotatable bonds is 5. The van der Waals surface area contributed by atoms with Crippen LogP contribution in [0.4, 0.5) is 13.2 Å². The third kappa shape index (κ3) is 5.82. The maximum absolute atomic E-state index is 12.2. The van der Waals surface area contributed by atoms with Crippen LogP contribution in [0.15, 0.2) is 28.0 Å². The Bertz CT molecular complexity index is 499. The van der Waals surface area contributed by atoms with Gasteiger partial charge in [0.1, 0.15) is 6.54 Å². The Morgan fingerprint density at radius 3 is 2.68 bits per heavy atom. The Labute approximate surface area is 111 Å². The van der Waals surface area contributed by atoms with Crippen molar-refractivity contribution in [1.29, 1.82) is 0 Å². The van der Waals surface area contributed by atoms with Gasteiger partial charge in [-0.1, -0.05) is 0 Å². The lowest BCUT2D eigenvalue weighted by molar-refractivity contribution is -0.141. The standard InChI is InChI=1S/C11H12F3NO3S/c1-18-10(17)4-5-19-8-2-3-9(16)15(6-8)7-11(12,13)14/h2-3,6H,4-5,7H2,1H3. The molecule has 0 N–H and O–H groups in total. The van der Waals surface area contributed by atoms with E-state index in [0.29, 0.717) is 15.2 Å². The summed E-state index contributed by atoms with van der Waals surface area (Å²) in [6.07, 6.45) is -3.16. The van der Waals surface area contributed by atoms with E-state index in [1.54, 1.807) is 0 Å². The highest BCUT2D eigenvalue weighted by Gasteiger charge is 2.28. The molecule has 0 aromatic carbocycles. The maximum Gasteiger partial charge on any atom is 0.406 e. The molecule has 0 radical (unpaired) electrons. The predicted octanol–water partition coefficient (Wildman–Crippen LogP) is 2.07. The van der Waals surface area contributed by atoms with E-state index in [0.717, 1.165) is 12.3 Å². The van der Waals surface area contributed by atoms with Gasteiger partial charge in [0.05, 0.1) is 13.5 Å². The number of methoxy groups -OCH3 is 1. The molecule has 1 rings (SSSR count). The number of nitrogens with zero attached hydrogens (tertiary/aromatic N) is 1. The van der Waals surface area contributed by atoms with E-state index < -0.39 is 24.2 Å². The maximum atomic E-state index is 12.2. The number of hydrogen-bond donors (Lipinski definition) is 0. The minimum atomic E-state index is -4.45. The molecule has 0 aliphatic heterocycles. The molecule has 0 aliphatic rings. The topological polar surface area (TPSA) is 48.3 Å². The third-order valence-corrected chi connectivity index (χ3v) is 3.09. The van der Waals surface area contributed by atoms with Gasteiger partial charge in [0.15, 0.2) is 0 Å². The molecule has 0 unspecified atom stereocenters. The zero-order valence-electron chi connectivity index (χ0n) is 10.1. The molecular formula is C11H12F3NO3S. The van der Waals surface area contributed by atoms with Gasteiger partial charge >= 0.3 is 12.1 Å². The predicted molar refractivity (Wildman–Crippen MR) is 64.1 cm³/mol. The van der Waals surface area contributed by atoms with Crippen LogP contribution >= 0.6 is 11.8 Å². The fourth-order valence-corrected chi connectivity index (χ4v) is 2.14. The van der Waals surface area contributed by atoms with E-state index in [-0.39, 0.29) is 6.42 Å². The number of thioether (sulfide) groups is 1. The largest absolute Gasteiger partial charge is 0.469 e. The Balaban J connectivity index is 2.68. The number of esters is 1. The molecule has 0 amide bonds. The highest BCUT2D eigenvalue weighted by molar-refractivity contribution is 7.99. The molecule has 0 fully saturated rings. The van der Waals surface area contributed by atoms with Crippen molar-refractivity contribution in [2.45, 2.75) is 24.0 Å². The van der Waals surface area contributed by atoms with Gasteiger partial charge in [0.25, 0.3) is 5.56 Å². The van der Waals surface area contributed by atoms with Crippen LogP contribution in [-0.2, 0) is 16.1 Å². The summed E-state index contributed by atoms with van der Waals surface area (Å²) in [5, 5.41) is 0. The summed E-state index contributed by atoms with van der Waals surface area (Å²) < 4.78 is 41.7. The smallest absolute Gasteiger partial charge is 0.406 e. The van der Waals surface area contributed by atoms with Crippen LogP contribution in [0, 0.1) is 0 Å². The third-order valence-electron chi connectivity index (χ3n) is 2.11. The Kier molecular flexibility index (Phi) is 5.46. The van der Waals surface area contributed by atoms with Crippen LogP contribution in [-0.4, -0.2) is 29.6 Å². The molecule has 4 nitrogen and oxygen atoms in total. The summed E-state index contributed by atoms with van der Waals surface area (Å²) in [5.74, 6) is -0.0206. The lowest BCUT2D eigenvalue weighted by atomic mass is 10.4. The van der Waals surface area contributed by atoms with Crippen molar-refractivity contribution in [2.75, 3.05) is 12.9 Å². The molecule has 0 bridgehead atoms. The molecule has 1 aromatic rings. The minimum absolute atomic E-state index is 0.152. The van der Waals surface area contributed by atoms with E-state index in [4.69, 9.17) is 0 Å². The number of pyridine rings is 1. The van der Waals surface area contributed by atoms with Crippen molar-refractivity contribution >= 4 is 17.7 Å². The Morgan fingerprint density at radius 1 is 1.42 bits per heavy atom. The minimum Gasteiger partial charge on any atom is -0.469 e. The molecular weight excluding hydrogens is 283 g/mol. The second kappa shape index (κ2) is 6.65. The molecule has 0 atom stereocenters. The van der Waals surface area contributed by atoms with E-state index >= 15 is 0 Å². The molecule has 0 aliphatic carbocycles. The highest BCUT2D eigenvalue weighted by Crippen LogP contribution is 2.20. The summed E-state index contributed by atoms with van der Waals surface area (Å²) in [5.41, 5.74) is -0.713. The Hall–Kier alpha value is -1.44. The van der Waals surface area contributed by atoms with Crippen LogP contribution in [0.3, 0.4) is 0 Å². The van der Waals surface area contributed by atoms with Crippen molar-refractivity contribution in [3.63, 3.8) is 0 Å². The fourth-order valence-electron chi connectivity index (χ4n) is 1.27. The summed E-state index contributed by atoms with van der Waals surface area (Å²) in [6.45, 7) is -1.32. The monoisotopic (exact) mass is 295 g/mol. The summed E-state index contributed by atoms with van der Waals surface area (Å²) >= 11 is 1.19. The molecule has 0 spiro atoms. The molecule has 0 saturated carbocycles. The zero-order valence-corrected chi connectivity index (χ0v) is 10.9. The first kappa shape index (κ1) is 15.6. The van der Waals surface area contributed by atoms with E-state index in [9.17, 15) is 22.8 Å². The first-order valence-electron chi connectivity index (χ1n) is 5.28. The number of carbonyl (C=O) groups is 1. The number of hydrogen-bond acceptors (Lipinski definition) is 4. The van der Waals surface area contributed by atoms with Gasteiger partial charge in [-0.05, 0) is 6.07 Å². The average Bonchev–Trinajstić information content (AvgIpc) is 2.31. The number of alkyl halides is 3. The van der Waals surface area contributed by atoms with Gasteiger partial charge in [-0.3, -0.25) is 9.59 Å². The highest BCUT2D eigenvalue weighted by atomic mass is 32.2. The quantitative estimate of drug-likeness (QED) is 0.616. The van der Waals surface area contributed by atoms with Gasteiger partial charge in [0, 0.05) is 22.9 Å². The van der Waals surface area contributed by atoms with Crippen molar-refractivity contribution < 1.29 is 22.7 Å². The molecule has 8 heteroatoms. The summed E-state index contributed by atoms with van der Waals surface area (Å²) in [7, 11) is 1.26. The van der Waals surface area contributed by atoms with Gasteiger partial charge < -0.3 is 9.30 Å². The fraction of sp³-hybridized carbons (Fsp3) is 0.455. The van der Waals surface area contributed by atoms with Crippen molar-refractivity contribution in [2.24, 2.45) is 0 Å². The zero-order chi connectivity index (χ0) is 14.5. The first-order chi connectivity index (χ1) is 8.81. The second-order valence-electron chi connectivity index (χ2n) is 3.62. The number of halogens is 3.